The minimum atomic E-state index is 0.0255. The molecule has 1 aliphatic rings. The molecule has 0 saturated carbocycles. The lowest BCUT2D eigenvalue weighted by atomic mass is 9.95. The Kier molecular flexibility index (Phi) is 1.78. The van der Waals surface area contributed by atoms with E-state index >= 15 is 0 Å². The molecule has 0 aromatic carbocycles. The summed E-state index contributed by atoms with van der Waals surface area (Å²) in [7, 11) is 0. The summed E-state index contributed by atoms with van der Waals surface area (Å²) in [5.41, 5.74) is 5.76. The molecular weight excluding hydrogens is 114 g/mol. The number of hydrogen-bond donors (Lipinski definition) is 1. The van der Waals surface area contributed by atoms with Gasteiger partial charge in [-0.15, -0.1) is 0 Å². The molecule has 0 aliphatic carbocycles. The van der Waals surface area contributed by atoms with E-state index in [9.17, 15) is 0 Å². The van der Waals surface area contributed by atoms with E-state index in [1.54, 1.807) is 0 Å². The van der Waals surface area contributed by atoms with Crippen LogP contribution in [0.4, 0.5) is 0 Å². The molecule has 2 heteroatoms. The van der Waals surface area contributed by atoms with Gasteiger partial charge in [0.05, 0.1) is 5.60 Å². The quantitative estimate of drug-likeness (QED) is 0.527. The second-order valence-corrected chi connectivity index (χ2v) is 3.36. The Morgan fingerprint density at radius 1 is 1.56 bits per heavy atom. The summed E-state index contributed by atoms with van der Waals surface area (Å²) in [6, 6.07) is 0.355. The zero-order chi connectivity index (χ0) is 6.91. The number of rotatable bonds is 0. The van der Waals surface area contributed by atoms with Crippen molar-refractivity contribution in [1.29, 1.82) is 0 Å². The third-order valence-corrected chi connectivity index (χ3v) is 1.74. The molecule has 0 bridgehead atoms. The smallest absolute Gasteiger partial charge is 0.0641 e. The molecule has 54 valence electrons. The van der Waals surface area contributed by atoms with E-state index in [2.05, 4.69) is 13.8 Å². The highest BCUT2D eigenvalue weighted by molar-refractivity contribution is 4.80. The summed E-state index contributed by atoms with van der Waals surface area (Å²) in [5.74, 6) is 0. The molecule has 0 aromatic rings. The first-order valence-corrected chi connectivity index (χ1v) is 3.50. The van der Waals surface area contributed by atoms with Gasteiger partial charge in [0, 0.05) is 12.6 Å². The summed E-state index contributed by atoms with van der Waals surface area (Å²) in [5, 5.41) is 0. The van der Waals surface area contributed by atoms with Crippen LogP contribution in [0, 0.1) is 0 Å². The third kappa shape index (κ3) is 1.95. The molecule has 0 aromatic heterocycles. The van der Waals surface area contributed by atoms with Crippen LogP contribution >= 0.6 is 0 Å². The van der Waals surface area contributed by atoms with Gasteiger partial charge in [-0.2, -0.15) is 0 Å². The lowest BCUT2D eigenvalue weighted by molar-refractivity contribution is -0.0578. The highest BCUT2D eigenvalue weighted by Gasteiger charge is 2.26. The van der Waals surface area contributed by atoms with Crippen molar-refractivity contribution in [3.63, 3.8) is 0 Å². The van der Waals surface area contributed by atoms with Crippen LogP contribution in [0.25, 0.3) is 0 Å². The Morgan fingerprint density at radius 3 is 2.56 bits per heavy atom. The molecule has 2 nitrogen and oxygen atoms in total. The van der Waals surface area contributed by atoms with Crippen LogP contribution in [-0.4, -0.2) is 18.2 Å². The predicted molar refractivity (Wildman–Crippen MR) is 37.2 cm³/mol. The summed E-state index contributed by atoms with van der Waals surface area (Å²) in [6.07, 6.45) is 2.01. The van der Waals surface area contributed by atoms with E-state index in [4.69, 9.17) is 10.5 Å². The lowest BCUT2D eigenvalue weighted by Crippen LogP contribution is -2.40. The summed E-state index contributed by atoms with van der Waals surface area (Å²) in [6.45, 7) is 5.01. The Hall–Kier alpha value is -0.0800. The van der Waals surface area contributed by atoms with E-state index in [1.807, 2.05) is 0 Å². The first-order valence-electron chi connectivity index (χ1n) is 3.50. The molecule has 1 aliphatic heterocycles. The molecule has 0 amide bonds. The fourth-order valence-electron chi connectivity index (χ4n) is 1.28. The van der Waals surface area contributed by atoms with Crippen molar-refractivity contribution in [3.05, 3.63) is 0 Å². The SMILES string of the molecule is CC1(C)C[C@@H](N)CCO1. The maximum atomic E-state index is 5.73. The number of ether oxygens (including phenoxy) is 1. The predicted octanol–water partition coefficient (Wildman–Crippen LogP) is 0.903. The van der Waals surface area contributed by atoms with Crippen molar-refractivity contribution in [1.82, 2.24) is 0 Å². The minimum Gasteiger partial charge on any atom is -0.375 e. The summed E-state index contributed by atoms with van der Waals surface area (Å²) >= 11 is 0. The third-order valence-electron chi connectivity index (χ3n) is 1.74. The Morgan fingerprint density at radius 2 is 2.22 bits per heavy atom. The maximum absolute atomic E-state index is 5.73. The Balaban J connectivity index is 2.41. The van der Waals surface area contributed by atoms with Gasteiger partial charge in [0.25, 0.3) is 0 Å². The van der Waals surface area contributed by atoms with Gasteiger partial charge in [0.15, 0.2) is 0 Å². The topological polar surface area (TPSA) is 35.2 Å². The fraction of sp³-hybridized carbons (Fsp3) is 1.00. The van der Waals surface area contributed by atoms with Gasteiger partial charge in [-0.1, -0.05) is 0 Å². The zero-order valence-electron chi connectivity index (χ0n) is 6.18. The average Bonchev–Trinajstić information content (AvgIpc) is 1.60. The van der Waals surface area contributed by atoms with Crippen LogP contribution in [-0.2, 0) is 4.74 Å². The fourth-order valence-corrected chi connectivity index (χ4v) is 1.28. The van der Waals surface area contributed by atoms with Crippen molar-refractivity contribution >= 4 is 0 Å². The monoisotopic (exact) mass is 129 g/mol. The second-order valence-electron chi connectivity index (χ2n) is 3.36. The standard InChI is InChI=1S/C7H15NO/c1-7(2)5-6(8)3-4-9-7/h6H,3-5,8H2,1-2H3/t6-/m0/s1. The van der Waals surface area contributed by atoms with Crippen molar-refractivity contribution in [2.45, 2.75) is 38.3 Å². The van der Waals surface area contributed by atoms with Crippen LogP contribution in [0.2, 0.25) is 0 Å². The summed E-state index contributed by atoms with van der Waals surface area (Å²) in [4.78, 5) is 0. The molecule has 1 atom stereocenters. The van der Waals surface area contributed by atoms with Crippen LogP contribution in [0.1, 0.15) is 26.7 Å². The maximum Gasteiger partial charge on any atom is 0.0641 e. The van der Waals surface area contributed by atoms with E-state index in [0.717, 1.165) is 19.4 Å². The normalized spacial score (nSPS) is 34.3. The van der Waals surface area contributed by atoms with Crippen LogP contribution < -0.4 is 5.73 Å². The van der Waals surface area contributed by atoms with E-state index < -0.39 is 0 Å². The Bertz CT molecular complexity index is 101. The number of nitrogens with two attached hydrogens (primary N) is 1. The lowest BCUT2D eigenvalue weighted by Gasteiger charge is -2.33. The van der Waals surface area contributed by atoms with Gasteiger partial charge in [-0.3, -0.25) is 0 Å². The molecule has 2 N–H and O–H groups in total. The molecule has 1 fully saturated rings. The van der Waals surface area contributed by atoms with E-state index in [0.29, 0.717) is 6.04 Å². The van der Waals surface area contributed by atoms with Gasteiger partial charge in [0.1, 0.15) is 0 Å². The van der Waals surface area contributed by atoms with Gasteiger partial charge < -0.3 is 10.5 Å². The van der Waals surface area contributed by atoms with Gasteiger partial charge >= 0.3 is 0 Å². The first kappa shape index (κ1) is 7.03. The zero-order valence-corrected chi connectivity index (χ0v) is 6.18. The highest BCUT2D eigenvalue weighted by Crippen LogP contribution is 2.22. The van der Waals surface area contributed by atoms with Crippen molar-refractivity contribution in [2.24, 2.45) is 5.73 Å². The van der Waals surface area contributed by atoms with Gasteiger partial charge in [-0.25, -0.2) is 0 Å². The molecule has 1 heterocycles. The summed E-state index contributed by atoms with van der Waals surface area (Å²) < 4.78 is 5.46. The van der Waals surface area contributed by atoms with E-state index in [-0.39, 0.29) is 5.60 Å². The first-order chi connectivity index (χ1) is 4.10. The number of hydrogen-bond acceptors (Lipinski definition) is 2. The minimum absolute atomic E-state index is 0.0255. The van der Waals surface area contributed by atoms with Gasteiger partial charge in [0.2, 0.25) is 0 Å². The Labute approximate surface area is 56.4 Å². The van der Waals surface area contributed by atoms with Gasteiger partial charge in [-0.05, 0) is 26.7 Å². The molecule has 0 unspecified atom stereocenters. The molecule has 9 heavy (non-hydrogen) atoms. The molecule has 0 radical (unpaired) electrons. The van der Waals surface area contributed by atoms with Crippen molar-refractivity contribution < 1.29 is 4.74 Å². The van der Waals surface area contributed by atoms with Crippen LogP contribution in [0.15, 0.2) is 0 Å². The van der Waals surface area contributed by atoms with Crippen molar-refractivity contribution in [3.8, 4) is 0 Å². The van der Waals surface area contributed by atoms with E-state index in [1.165, 1.54) is 0 Å². The van der Waals surface area contributed by atoms with Crippen LogP contribution in [0.3, 0.4) is 0 Å². The largest absolute Gasteiger partial charge is 0.375 e. The molecular formula is C7H15NO. The second kappa shape index (κ2) is 2.27. The average molecular weight is 129 g/mol. The molecule has 1 saturated heterocycles. The molecule has 0 spiro atoms. The molecule has 1 rings (SSSR count). The van der Waals surface area contributed by atoms with Crippen molar-refractivity contribution in [2.75, 3.05) is 6.61 Å². The van der Waals surface area contributed by atoms with Crippen LogP contribution in [0.5, 0.6) is 0 Å². The highest BCUT2D eigenvalue weighted by atomic mass is 16.5.